The summed E-state index contributed by atoms with van der Waals surface area (Å²) in [5.41, 5.74) is 0.625. The van der Waals surface area contributed by atoms with Crippen LogP contribution in [0, 0.1) is 16.0 Å². The van der Waals surface area contributed by atoms with E-state index in [1.807, 2.05) is 0 Å². The van der Waals surface area contributed by atoms with Gasteiger partial charge in [0.2, 0.25) is 8.32 Å². The molecule has 0 bridgehead atoms. The summed E-state index contributed by atoms with van der Waals surface area (Å²) in [5, 5.41) is 11.4. The van der Waals surface area contributed by atoms with Crippen LogP contribution in [0.1, 0.15) is 51.7 Å². The lowest BCUT2D eigenvalue weighted by molar-refractivity contribution is -0.386. The Morgan fingerprint density at radius 2 is 2.00 bits per heavy atom. The molecule has 1 aromatic heterocycles. The Balaban J connectivity index is 1.88. The highest BCUT2D eigenvalue weighted by Gasteiger charge is 2.40. The van der Waals surface area contributed by atoms with Crippen LogP contribution in [0.25, 0.3) is 0 Å². The molecule has 0 spiro atoms. The van der Waals surface area contributed by atoms with E-state index in [0.717, 1.165) is 36.7 Å². The van der Waals surface area contributed by atoms with E-state index < -0.39 is 8.32 Å². The number of aromatic nitrogens is 1. The van der Waals surface area contributed by atoms with Gasteiger partial charge in [0.15, 0.2) is 0 Å². The molecule has 1 aliphatic heterocycles. The topological polar surface area (TPSA) is 74.5 Å². The Bertz CT molecular complexity index is 678. The molecular weight excluding hydrogens is 348 g/mol. The molecule has 0 saturated heterocycles. The molecule has 7 heteroatoms. The van der Waals surface area contributed by atoms with Gasteiger partial charge in [0.1, 0.15) is 6.20 Å². The summed E-state index contributed by atoms with van der Waals surface area (Å²) in [6, 6.07) is 4.94. The third-order valence-corrected chi connectivity index (χ3v) is 10.4. The van der Waals surface area contributed by atoms with E-state index in [1.54, 1.807) is 12.3 Å². The summed E-state index contributed by atoms with van der Waals surface area (Å²) >= 11 is 0. The fourth-order valence-electron chi connectivity index (χ4n) is 3.71. The molecule has 0 unspecified atom stereocenters. The molecule has 1 aliphatic carbocycles. The Labute approximate surface area is 155 Å². The van der Waals surface area contributed by atoms with Crippen LogP contribution in [0.2, 0.25) is 18.1 Å². The molecule has 26 heavy (non-hydrogen) atoms. The second-order valence-corrected chi connectivity index (χ2v) is 12.0. The van der Waals surface area contributed by atoms with Gasteiger partial charge in [-0.3, -0.25) is 15.1 Å². The van der Waals surface area contributed by atoms with Crippen molar-refractivity contribution in [3.8, 4) is 0 Å². The van der Waals surface area contributed by atoms with E-state index in [4.69, 9.17) is 9.16 Å². The first kappa shape index (κ1) is 19.0. The van der Waals surface area contributed by atoms with Crippen LogP contribution in [-0.2, 0) is 9.16 Å². The highest BCUT2D eigenvalue weighted by atomic mass is 28.4. The average molecular weight is 377 g/mol. The Morgan fingerprint density at radius 3 is 2.58 bits per heavy atom. The number of nitro groups is 1. The number of pyridine rings is 1. The quantitative estimate of drug-likeness (QED) is 0.357. The lowest BCUT2D eigenvalue weighted by Gasteiger charge is -2.35. The van der Waals surface area contributed by atoms with E-state index in [-0.39, 0.29) is 22.8 Å². The number of hydrogen-bond donors (Lipinski definition) is 0. The fraction of sp³-hybridized carbons (Fsp3) is 0.632. The van der Waals surface area contributed by atoms with Crippen molar-refractivity contribution in [1.82, 2.24) is 4.98 Å². The SMILES string of the molecule is CC[Si](CC)(CC)OC1=C[C@@H](C2CC2)O[C@@H](c2ccncc2[N+](=O)[O-])C1. The van der Waals surface area contributed by atoms with Crippen molar-refractivity contribution < 1.29 is 14.1 Å². The van der Waals surface area contributed by atoms with Crippen LogP contribution in [0.4, 0.5) is 5.69 Å². The molecule has 2 atom stereocenters. The number of rotatable bonds is 8. The van der Waals surface area contributed by atoms with Gasteiger partial charge in [-0.25, -0.2) is 0 Å². The van der Waals surface area contributed by atoms with Crippen molar-refractivity contribution in [2.75, 3.05) is 0 Å². The van der Waals surface area contributed by atoms with Gasteiger partial charge < -0.3 is 9.16 Å². The first-order valence-corrected chi connectivity index (χ1v) is 12.2. The standard InChI is InChI=1S/C19H28N2O4Si/c1-4-26(5-2,6-3)25-15-11-18(14-7-8-14)24-19(12-15)16-9-10-20-13-17(16)21(22)23/h9-11,13-14,18-19H,4-8,12H2,1-3H3/t18-,19+/m0/s1. The summed E-state index contributed by atoms with van der Waals surface area (Å²) in [7, 11) is -1.78. The average Bonchev–Trinajstić information content (AvgIpc) is 3.51. The molecule has 142 valence electrons. The zero-order chi connectivity index (χ0) is 18.7. The third-order valence-electron chi connectivity index (χ3n) is 5.80. The van der Waals surface area contributed by atoms with Crippen molar-refractivity contribution in [1.29, 1.82) is 0 Å². The van der Waals surface area contributed by atoms with Gasteiger partial charge in [-0.05, 0) is 49.0 Å². The molecule has 3 rings (SSSR count). The van der Waals surface area contributed by atoms with Crippen molar-refractivity contribution in [2.45, 2.75) is 70.4 Å². The molecule has 6 nitrogen and oxygen atoms in total. The molecule has 1 saturated carbocycles. The summed E-state index contributed by atoms with van der Waals surface area (Å²) < 4.78 is 12.9. The van der Waals surface area contributed by atoms with Crippen LogP contribution < -0.4 is 0 Å². The summed E-state index contributed by atoms with van der Waals surface area (Å²) in [6.07, 6.45) is 7.56. The lowest BCUT2D eigenvalue weighted by Crippen LogP contribution is -2.37. The maximum atomic E-state index is 11.4. The van der Waals surface area contributed by atoms with E-state index in [1.165, 1.54) is 6.20 Å². The second kappa shape index (κ2) is 7.88. The minimum Gasteiger partial charge on any atom is -0.547 e. The maximum Gasteiger partial charge on any atom is 0.293 e. The van der Waals surface area contributed by atoms with E-state index in [9.17, 15) is 10.1 Å². The Hall–Kier alpha value is -1.73. The number of ether oxygens (including phenoxy) is 1. The largest absolute Gasteiger partial charge is 0.547 e. The van der Waals surface area contributed by atoms with Gasteiger partial charge in [0.25, 0.3) is 5.69 Å². The van der Waals surface area contributed by atoms with Gasteiger partial charge in [-0.1, -0.05) is 20.8 Å². The predicted octanol–water partition coefficient (Wildman–Crippen LogP) is 5.14. The molecule has 0 aromatic carbocycles. The van der Waals surface area contributed by atoms with Crippen LogP contribution in [0.15, 0.2) is 30.3 Å². The summed E-state index contributed by atoms with van der Waals surface area (Å²) in [5.74, 6) is 1.49. The summed E-state index contributed by atoms with van der Waals surface area (Å²) in [4.78, 5) is 14.9. The molecule has 0 radical (unpaired) electrons. The minimum absolute atomic E-state index is 0.00575. The van der Waals surface area contributed by atoms with Gasteiger partial charge >= 0.3 is 0 Å². The van der Waals surface area contributed by atoms with E-state index >= 15 is 0 Å². The smallest absolute Gasteiger partial charge is 0.293 e. The molecule has 2 heterocycles. The molecule has 0 amide bonds. The van der Waals surface area contributed by atoms with Gasteiger partial charge in [0.05, 0.1) is 28.5 Å². The van der Waals surface area contributed by atoms with Crippen molar-refractivity contribution >= 4 is 14.0 Å². The first-order valence-electron chi connectivity index (χ1n) is 9.65. The predicted molar refractivity (Wildman–Crippen MR) is 102 cm³/mol. The minimum atomic E-state index is -1.78. The van der Waals surface area contributed by atoms with Crippen molar-refractivity contribution in [2.24, 2.45) is 5.92 Å². The Morgan fingerprint density at radius 1 is 1.31 bits per heavy atom. The van der Waals surface area contributed by atoms with E-state index in [2.05, 4.69) is 31.8 Å². The fourth-order valence-corrected chi connectivity index (χ4v) is 6.35. The normalized spacial score (nSPS) is 23.4. The Kier molecular flexibility index (Phi) is 5.77. The van der Waals surface area contributed by atoms with Crippen LogP contribution in [0.5, 0.6) is 0 Å². The monoisotopic (exact) mass is 376 g/mol. The van der Waals surface area contributed by atoms with Gasteiger partial charge in [-0.15, -0.1) is 0 Å². The molecule has 0 N–H and O–H groups in total. The first-order chi connectivity index (χ1) is 12.5. The van der Waals surface area contributed by atoms with Crippen LogP contribution in [-0.4, -0.2) is 24.3 Å². The molecule has 1 aromatic rings. The van der Waals surface area contributed by atoms with Crippen LogP contribution >= 0.6 is 0 Å². The highest BCUT2D eigenvalue weighted by molar-refractivity contribution is 6.73. The zero-order valence-electron chi connectivity index (χ0n) is 15.8. The second-order valence-electron chi connectivity index (χ2n) is 7.30. The zero-order valence-corrected chi connectivity index (χ0v) is 16.8. The maximum absolute atomic E-state index is 11.4. The third kappa shape index (κ3) is 3.99. The molecular formula is C19H28N2O4Si. The highest BCUT2D eigenvalue weighted by Crippen LogP contribution is 2.44. The number of hydrogen-bond acceptors (Lipinski definition) is 5. The number of nitrogens with zero attached hydrogens (tertiary/aromatic N) is 2. The lowest BCUT2D eigenvalue weighted by atomic mass is 10.0. The van der Waals surface area contributed by atoms with E-state index in [0.29, 0.717) is 17.9 Å². The van der Waals surface area contributed by atoms with Gasteiger partial charge in [0, 0.05) is 12.6 Å². The van der Waals surface area contributed by atoms with Crippen molar-refractivity contribution in [3.05, 3.63) is 46.0 Å². The molecule has 1 fully saturated rings. The van der Waals surface area contributed by atoms with Gasteiger partial charge in [-0.2, -0.15) is 0 Å². The van der Waals surface area contributed by atoms with Crippen LogP contribution in [0.3, 0.4) is 0 Å². The molecule has 2 aliphatic rings. The summed E-state index contributed by atoms with van der Waals surface area (Å²) in [6.45, 7) is 6.63. The van der Waals surface area contributed by atoms with Crippen molar-refractivity contribution in [3.63, 3.8) is 0 Å².